The minimum atomic E-state index is -0.875. The van der Waals surface area contributed by atoms with Crippen molar-refractivity contribution < 1.29 is 52.9 Å². The van der Waals surface area contributed by atoms with Crippen LogP contribution in [0.4, 0.5) is 22.0 Å². The van der Waals surface area contributed by atoms with E-state index in [0.717, 1.165) is 34.4 Å². The van der Waals surface area contributed by atoms with Gasteiger partial charge in [0.25, 0.3) is 12.0 Å². The van der Waals surface area contributed by atoms with Crippen LogP contribution in [0.1, 0.15) is 119 Å². The Hall–Kier alpha value is -5.39. The van der Waals surface area contributed by atoms with Gasteiger partial charge in [0.05, 0.1) is 18.6 Å². The van der Waals surface area contributed by atoms with Gasteiger partial charge in [0.2, 0.25) is 0 Å². The summed E-state index contributed by atoms with van der Waals surface area (Å²) in [4.78, 5) is 0. The van der Waals surface area contributed by atoms with Gasteiger partial charge in [0.15, 0.2) is 17.5 Å². The predicted octanol–water partition coefficient (Wildman–Crippen LogP) is 15.6. The molecule has 0 aliphatic carbocycles. The van der Waals surface area contributed by atoms with Gasteiger partial charge in [-0.1, -0.05) is 27.7 Å². The van der Waals surface area contributed by atoms with Crippen LogP contribution in [0.5, 0.6) is 0 Å². The summed E-state index contributed by atoms with van der Waals surface area (Å²) in [5.41, 5.74) is 4.75. The van der Waals surface area contributed by atoms with E-state index in [2.05, 4.69) is 47.0 Å². The Labute approximate surface area is 339 Å². The van der Waals surface area contributed by atoms with Crippen LogP contribution in [0, 0.1) is 113 Å². The van der Waals surface area contributed by atoms with E-state index in [4.69, 9.17) is 17.7 Å². The Morgan fingerprint density at radius 2 is 0.776 bits per heavy atom. The van der Waals surface area contributed by atoms with Crippen molar-refractivity contribution in [3.05, 3.63) is 164 Å². The lowest BCUT2D eigenvalue weighted by atomic mass is 10.0. The molecule has 7 nitrogen and oxygen atoms in total. The zero-order valence-electron chi connectivity index (χ0n) is 36.6. The van der Waals surface area contributed by atoms with Gasteiger partial charge in [0, 0.05) is 18.2 Å². The summed E-state index contributed by atoms with van der Waals surface area (Å²) in [5.74, 6) is 7.12. The molecule has 7 heterocycles. The first-order valence-electron chi connectivity index (χ1n) is 18.6. The summed E-state index contributed by atoms with van der Waals surface area (Å²) in [6, 6.07) is 9.53. The highest BCUT2D eigenvalue weighted by Crippen LogP contribution is 2.22. The SMILES string of the molecule is Cc1cc(C(C)C)c(C)o1.Cc1cc(C)c(C)o1.Cc1cc(F)c(C)o1.Cc1cc(F)oc1C.Cc1oc(F)cc1F.Cc1occc1C(C)C.Cc1occc1F. The van der Waals surface area contributed by atoms with Gasteiger partial charge in [-0.15, -0.1) is 0 Å². The molecule has 0 aromatic carbocycles. The average Bonchev–Trinajstić information content (AvgIpc) is 3.99. The maximum Gasteiger partial charge on any atom is 0.280 e. The van der Waals surface area contributed by atoms with Crippen molar-refractivity contribution in [2.24, 2.45) is 0 Å². The molecule has 0 aliphatic rings. The van der Waals surface area contributed by atoms with Crippen molar-refractivity contribution in [2.45, 2.75) is 123 Å². The fourth-order valence-electron chi connectivity index (χ4n) is 4.90. The molecule has 0 N–H and O–H groups in total. The molecule has 7 aromatic heterocycles. The van der Waals surface area contributed by atoms with Gasteiger partial charge >= 0.3 is 0 Å². The van der Waals surface area contributed by atoms with Crippen LogP contribution in [0.2, 0.25) is 0 Å². The summed E-state index contributed by atoms with van der Waals surface area (Å²) >= 11 is 0. The molecule has 0 saturated carbocycles. The molecule has 7 rings (SSSR count). The molecule has 0 fully saturated rings. The second-order valence-electron chi connectivity index (χ2n) is 14.0. The highest BCUT2D eigenvalue weighted by molar-refractivity contribution is 5.23. The van der Waals surface area contributed by atoms with E-state index < -0.39 is 17.8 Å². The fourth-order valence-corrected chi connectivity index (χ4v) is 4.90. The van der Waals surface area contributed by atoms with Crippen molar-refractivity contribution >= 4 is 0 Å². The molecule has 0 aliphatic heterocycles. The number of halogens is 5. The molecular weight excluding hydrogens is 759 g/mol. The van der Waals surface area contributed by atoms with Crippen molar-refractivity contribution in [3.63, 3.8) is 0 Å². The third-order valence-electron chi connectivity index (χ3n) is 8.25. The minimum Gasteiger partial charge on any atom is -0.469 e. The number of furan rings is 7. The van der Waals surface area contributed by atoms with Gasteiger partial charge in [-0.25, -0.2) is 13.2 Å². The van der Waals surface area contributed by atoms with Gasteiger partial charge in [-0.3, -0.25) is 0 Å². The molecule has 0 spiro atoms. The molecule has 58 heavy (non-hydrogen) atoms. The summed E-state index contributed by atoms with van der Waals surface area (Å²) < 4.78 is 93.9. The molecule has 320 valence electrons. The number of hydrogen-bond donors (Lipinski definition) is 0. The fraction of sp³-hybridized carbons (Fsp3) is 0.391. The Morgan fingerprint density at radius 1 is 0.362 bits per heavy atom. The van der Waals surface area contributed by atoms with E-state index in [0.29, 0.717) is 40.9 Å². The van der Waals surface area contributed by atoms with Gasteiger partial charge in [-0.05, 0) is 135 Å². The monoisotopic (exact) mass is 818 g/mol. The van der Waals surface area contributed by atoms with Crippen LogP contribution in [0.25, 0.3) is 0 Å². The third kappa shape index (κ3) is 18.3. The van der Waals surface area contributed by atoms with Crippen LogP contribution in [0.15, 0.2) is 85.9 Å². The molecule has 0 bridgehead atoms. The third-order valence-corrected chi connectivity index (χ3v) is 8.25. The first-order valence-corrected chi connectivity index (χ1v) is 18.6. The van der Waals surface area contributed by atoms with E-state index >= 15 is 0 Å². The lowest BCUT2D eigenvalue weighted by Crippen LogP contribution is -1.84. The number of hydrogen-bond acceptors (Lipinski definition) is 7. The Balaban J connectivity index is 0.000000339. The predicted molar refractivity (Wildman–Crippen MR) is 216 cm³/mol. The summed E-state index contributed by atoms with van der Waals surface area (Å²) in [6.45, 7) is 30.5. The number of rotatable bonds is 2. The molecule has 0 saturated heterocycles. The lowest BCUT2D eigenvalue weighted by Gasteiger charge is -1.99. The zero-order chi connectivity index (χ0) is 44.4. The highest BCUT2D eigenvalue weighted by Gasteiger charge is 2.07. The first kappa shape index (κ1) is 50.6. The van der Waals surface area contributed by atoms with Crippen LogP contribution >= 0.6 is 0 Å². The number of aryl methyl sites for hydroxylation is 12. The van der Waals surface area contributed by atoms with Crippen LogP contribution < -0.4 is 0 Å². The van der Waals surface area contributed by atoms with Crippen LogP contribution in [-0.2, 0) is 0 Å². The van der Waals surface area contributed by atoms with Gasteiger partial charge < -0.3 is 30.9 Å². The molecule has 12 heteroatoms. The first-order chi connectivity index (χ1) is 26.9. The smallest absolute Gasteiger partial charge is 0.280 e. The Morgan fingerprint density at radius 3 is 0.931 bits per heavy atom. The average molecular weight is 819 g/mol. The highest BCUT2D eigenvalue weighted by atomic mass is 19.2. The molecule has 0 radical (unpaired) electrons. The van der Waals surface area contributed by atoms with E-state index in [1.54, 1.807) is 34.0 Å². The summed E-state index contributed by atoms with van der Waals surface area (Å²) in [5, 5.41) is 0. The second-order valence-corrected chi connectivity index (χ2v) is 14.0. The van der Waals surface area contributed by atoms with Gasteiger partial charge in [-0.2, -0.15) is 8.78 Å². The van der Waals surface area contributed by atoms with Crippen molar-refractivity contribution in [3.8, 4) is 0 Å². The standard InChI is InChI=1S/C9H14O.C8H12O.C7H10O.2C6H7FO.C5H4F2O.C5H5FO/c1-6(2)9-5-7(3)10-8(9)4;1-6(2)8-4-5-9-7(8)3;1-5-4-6(2)8-7(5)3;1-4-3-6(7)5(2)8-4;1-4-3-6(7)8-5(4)2;1-3-4(6)2-5(7)8-3;1-4-5(6)2-3-7-4/h5-6H,1-4H3;4-6H,1-3H3;4H,1-3H3;2*3H,1-2H3;2H,1H3;2-3H,1H3. The van der Waals surface area contributed by atoms with E-state index in [1.165, 1.54) is 48.1 Å². The summed E-state index contributed by atoms with van der Waals surface area (Å²) in [6.07, 6.45) is 3.06. The summed E-state index contributed by atoms with van der Waals surface area (Å²) in [7, 11) is 0. The largest absolute Gasteiger partial charge is 0.469 e. The maximum atomic E-state index is 12.2. The lowest BCUT2D eigenvalue weighted by molar-refractivity contribution is 0.342. The van der Waals surface area contributed by atoms with E-state index in [-0.39, 0.29) is 17.4 Å². The molecular formula is C46H59F5O7. The Kier molecular flexibility index (Phi) is 21.3. The molecule has 0 atom stereocenters. The Bertz CT molecular complexity index is 1930. The minimum absolute atomic E-state index is 0.0116. The van der Waals surface area contributed by atoms with Crippen molar-refractivity contribution in [1.82, 2.24) is 0 Å². The quantitative estimate of drug-likeness (QED) is 0.160. The molecule has 0 unspecified atom stereocenters. The van der Waals surface area contributed by atoms with Crippen molar-refractivity contribution in [1.29, 1.82) is 0 Å². The second kappa shape index (κ2) is 24.4. The normalized spacial score (nSPS) is 10.1. The van der Waals surface area contributed by atoms with Crippen molar-refractivity contribution in [2.75, 3.05) is 0 Å². The van der Waals surface area contributed by atoms with E-state index in [1.807, 2.05) is 60.6 Å². The molecule has 7 aromatic rings. The maximum absolute atomic E-state index is 12.2. The van der Waals surface area contributed by atoms with E-state index in [9.17, 15) is 22.0 Å². The topological polar surface area (TPSA) is 92.0 Å². The van der Waals surface area contributed by atoms with Gasteiger partial charge in [0.1, 0.15) is 57.6 Å². The van der Waals surface area contributed by atoms with Crippen LogP contribution in [-0.4, -0.2) is 0 Å². The molecule has 0 amide bonds. The zero-order valence-corrected chi connectivity index (χ0v) is 36.6. The van der Waals surface area contributed by atoms with Crippen LogP contribution in [0.3, 0.4) is 0 Å².